The molecule has 0 bridgehead atoms. The maximum Gasteiger partial charge on any atom is 0.203 e. The molecule has 5 heteroatoms. The van der Waals surface area contributed by atoms with Crippen LogP contribution in [0.5, 0.6) is 28.7 Å². The minimum atomic E-state index is 0.0123. The van der Waals surface area contributed by atoms with E-state index in [0.29, 0.717) is 17.1 Å². The number of aromatic hydroxyl groups is 2. The van der Waals surface area contributed by atoms with E-state index in [0.717, 1.165) is 11.1 Å². The van der Waals surface area contributed by atoms with E-state index in [1.807, 2.05) is 13.0 Å². The highest BCUT2D eigenvalue weighted by molar-refractivity contribution is 5.78. The maximum absolute atomic E-state index is 10.4. The minimum Gasteiger partial charge on any atom is -0.504 e. The molecular formula is C18H20O5. The Morgan fingerprint density at radius 1 is 0.870 bits per heavy atom. The average molecular weight is 316 g/mol. The van der Waals surface area contributed by atoms with Crippen molar-refractivity contribution >= 4 is 12.2 Å². The van der Waals surface area contributed by atoms with Crippen molar-refractivity contribution in [3.63, 3.8) is 0 Å². The van der Waals surface area contributed by atoms with Crippen molar-refractivity contribution < 1.29 is 24.4 Å². The number of phenolic OH excluding ortho intramolecular Hbond substituents is 2. The Morgan fingerprint density at radius 2 is 1.57 bits per heavy atom. The molecule has 0 atom stereocenters. The van der Waals surface area contributed by atoms with Crippen LogP contribution in [0.3, 0.4) is 0 Å². The van der Waals surface area contributed by atoms with Crippen LogP contribution in [0.2, 0.25) is 0 Å². The molecule has 2 aromatic rings. The summed E-state index contributed by atoms with van der Waals surface area (Å²) in [5.74, 6) is 1.24. The lowest BCUT2D eigenvalue weighted by Gasteiger charge is -2.13. The van der Waals surface area contributed by atoms with E-state index < -0.39 is 0 Å². The largest absolute Gasteiger partial charge is 0.504 e. The Kier molecular flexibility index (Phi) is 5.01. The summed E-state index contributed by atoms with van der Waals surface area (Å²) in [6.45, 7) is 1.87. The van der Waals surface area contributed by atoms with Crippen LogP contribution in [0, 0.1) is 6.92 Å². The van der Waals surface area contributed by atoms with Crippen LogP contribution < -0.4 is 14.2 Å². The Hall–Kier alpha value is -2.82. The monoisotopic (exact) mass is 316 g/mol. The van der Waals surface area contributed by atoms with Crippen LogP contribution in [0.4, 0.5) is 0 Å². The van der Waals surface area contributed by atoms with Gasteiger partial charge in [0.2, 0.25) is 5.75 Å². The zero-order valence-electron chi connectivity index (χ0n) is 13.6. The molecule has 0 spiro atoms. The molecule has 0 saturated heterocycles. The number of hydrogen-bond donors (Lipinski definition) is 2. The van der Waals surface area contributed by atoms with E-state index in [2.05, 4.69) is 0 Å². The fourth-order valence-electron chi connectivity index (χ4n) is 2.32. The first-order valence-corrected chi connectivity index (χ1v) is 7.01. The lowest BCUT2D eigenvalue weighted by molar-refractivity contribution is 0.332. The summed E-state index contributed by atoms with van der Waals surface area (Å²) >= 11 is 0. The smallest absolute Gasteiger partial charge is 0.203 e. The van der Waals surface area contributed by atoms with Crippen molar-refractivity contribution in [3.8, 4) is 28.7 Å². The minimum absolute atomic E-state index is 0.0123. The van der Waals surface area contributed by atoms with Gasteiger partial charge in [-0.1, -0.05) is 18.2 Å². The number of rotatable bonds is 5. The Balaban J connectivity index is 2.41. The first kappa shape index (κ1) is 16.5. The van der Waals surface area contributed by atoms with Crippen molar-refractivity contribution in [1.82, 2.24) is 0 Å². The molecule has 0 fully saturated rings. The Morgan fingerprint density at radius 3 is 2.13 bits per heavy atom. The summed E-state index contributed by atoms with van der Waals surface area (Å²) in [4.78, 5) is 0. The summed E-state index contributed by atoms with van der Waals surface area (Å²) in [7, 11) is 4.49. The number of benzene rings is 2. The first-order valence-electron chi connectivity index (χ1n) is 7.01. The molecule has 0 unspecified atom stereocenters. The molecule has 122 valence electrons. The first-order chi connectivity index (χ1) is 11.0. The molecule has 2 aromatic carbocycles. The lowest BCUT2D eigenvalue weighted by Crippen LogP contribution is -1.94. The van der Waals surface area contributed by atoms with E-state index in [1.54, 1.807) is 30.4 Å². The molecule has 2 rings (SSSR count). The normalized spacial score (nSPS) is 10.8. The van der Waals surface area contributed by atoms with Gasteiger partial charge in [-0.05, 0) is 36.2 Å². The molecule has 2 N–H and O–H groups in total. The average Bonchev–Trinajstić information content (AvgIpc) is 2.54. The third kappa shape index (κ3) is 3.34. The van der Waals surface area contributed by atoms with Crippen LogP contribution in [-0.2, 0) is 0 Å². The van der Waals surface area contributed by atoms with Crippen molar-refractivity contribution in [2.75, 3.05) is 21.3 Å². The van der Waals surface area contributed by atoms with Crippen LogP contribution in [-0.4, -0.2) is 31.5 Å². The third-order valence-electron chi connectivity index (χ3n) is 3.54. The van der Waals surface area contributed by atoms with E-state index >= 15 is 0 Å². The van der Waals surface area contributed by atoms with E-state index in [9.17, 15) is 10.2 Å². The van der Waals surface area contributed by atoms with Crippen molar-refractivity contribution in [1.29, 1.82) is 0 Å². The van der Waals surface area contributed by atoms with Gasteiger partial charge in [0, 0.05) is 5.56 Å². The highest BCUT2D eigenvalue weighted by atomic mass is 16.5. The van der Waals surface area contributed by atoms with Crippen LogP contribution >= 0.6 is 0 Å². The summed E-state index contributed by atoms with van der Waals surface area (Å²) < 4.78 is 15.4. The summed E-state index contributed by atoms with van der Waals surface area (Å²) in [6, 6.07) is 6.87. The Bertz CT molecular complexity index is 735. The molecule has 23 heavy (non-hydrogen) atoms. The molecule has 0 saturated carbocycles. The molecule has 0 aliphatic heterocycles. The topological polar surface area (TPSA) is 68.2 Å². The van der Waals surface area contributed by atoms with Gasteiger partial charge in [0.05, 0.1) is 21.3 Å². The number of aryl methyl sites for hydroxylation is 1. The quantitative estimate of drug-likeness (QED) is 0.825. The van der Waals surface area contributed by atoms with Crippen molar-refractivity contribution in [2.45, 2.75) is 6.92 Å². The molecule has 0 aromatic heterocycles. The highest BCUT2D eigenvalue weighted by Crippen LogP contribution is 2.41. The highest BCUT2D eigenvalue weighted by Gasteiger charge is 2.15. The van der Waals surface area contributed by atoms with Crippen LogP contribution in [0.1, 0.15) is 16.7 Å². The summed E-state index contributed by atoms with van der Waals surface area (Å²) in [5.41, 5.74) is 2.24. The zero-order chi connectivity index (χ0) is 17.0. The van der Waals surface area contributed by atoms with Crippen LogP contribution in [0.25, 0.3) is 12.2 Å². The second-order valence-electron chi connectivity index (χ2n) is 4.96. The second-order valence-corrected chi connectivity index (χ2v) is 4.96. The van der Waals surface area contributed by atoms with Gasteiger partial charge in [-0.3, -0.25) is 0 Å². The SMILES string of the molecule is COc1ccc(/C=C\c2c(C)cc(OC)c(OC)c2O)cc1O. The number of ether oxygens (including phenoxy) is 3. The summed E-state index contributed by atoms with van der Waals surface area (Å²) in [5, 5.41) is 20.2. The number of methoxy groups -OCH3 is 3. The second kappa shape index (κ2) is 6.96. The molecule has 0 heterocycles. The fraction of sp³-hybridized carbons (Fsp3) is 0.222. The zero-order valence-corrected chi connectivity index (χ0v) is 13.6. The molecule has 5 nitrogen and oxygen atoms in total. The predicted octanol–water partition coefficient (Wildman–Crippen LogP) is 3.60. The fourth-order valence-corrected chi connectivity index (χ4v) is 2.32. The number of hydrogen-bond acceptors (Lipinski definition) is 5. The maximum atomic E-state index is 10.4. The Labute approximate surface area is 135 Å². The van der Waals surface area contributed by atoms with Crippen molar-refractivity contribution in [2.24, 2.45) is 0 Å². The molecule has 0 aliphatic rings. The van der Waals surface area contributed by atoms with E-state index in [1.165, 1.54) is 21.3 Å². The van der Waals surface area contributed by atoms with Gasteiger partial charge in [-0.15, -0.1) is 0 Å². The van der Waals surface area contributed by atoms with Gasteiger partial charge in [0.15, 0.2) is 23.0 Å². The molecular weight excluding hydrogens is 296 g/mol. The van der Waals surface area contributed by atoms with Gasteiger partial charge in [0.1, 0.15) is 0 Å². The molecule has 0 amide bonds. The van der Waals surface area contributed by atoms with Gasteiger partial charge >= 0.3 is 0 Å². The van der Waals surface area contributed by atoms with Gasteiger partial charge < -0.3 is 24.4 Å². The number of phenols is 2. The van der Waals surface area contributed by atoms with Gasteiger partial charge in [0.25, 0.3) is 0 Å². The van der Waals surface area contributed by atoms with E-state index in [4.69, 9.17) is 14.2 Å². The molecule has 0 radical (unpaired) electrons. The van der Waals surface area contributed by atoms with Crippen molar-refractivity contribution in [3.05, 3.63) is 41.0 Å². The van der Waals surface area contributed by atoms with Gasteiger partial charge in [-0.2, -0.15) is 0 Å². The third-order valence-corrected chi connectivity index (χ3v) is 3.54. The standard InChI is InChI=1S/C18H20O5/c1-11-9-16(22-3)18(23-4)17(20)13(11)7-5-12-6-8-15(21-2)14(19)10-12/h5-10,19-20H,1-4H3/b7-5-. The van der Waals surface area contributed by atoms with Gasteiger partial charge in [-0.25, -0.2) is 0 Å². The van der Waals surface area contributed by atoms with Crippen LogP contribution in [0.15, 0.2) is 24.3 Å². The molecule has 0 aliphatic carbocycles. The van der Waals surface area contributed by atoms with E-state index in [-0.39, 0.29) is 17.2 Å². The summed E-state index contributed by atoms with van der Waals surface area (Å²) in [6.07, 6.45) is 3.54. The lowest BCUT2D eigenvalue weighted by atomic mass is 10.0. The predicted molar refractivity (Wildman–Crippen MR) is 89.5 cm³/mol.